The molecule has 1 aliphatic rings. The largest absolute Gasteiger partial charge is 0.673 e. The Morgan fingerprint density at radius 2 is 1.22 bits per heavy atom. The minimum absolute atomic E-state index is 0. The van der Waals surface area contributed by atoms with Gasteiger partial charge in [0.25, 0.3) is 0 Å². The topological polar surface area (TPSA) is 51.2 Å². The average Bonchev–Trinajstić information content (AvgIpc) is 2.37. The smallest absolute Gasteiger partial charge is 0.418 e. The fourth-order valence-electron chi connectivity index (χ4n) is 0.457. The van der Waals surface area contributed by atoms with Crippen LogP contribution >= 0.6 is 0 Å². The summed E-state index contributed by atoms with van der Waals surface area (Å²) in [5, 5.41) is 0. The quantitative estimate of drug-likeness (QED) is 0.392. The van der Waals surface area contributed by atoms with Crippen molar-refractivity contribution in [3.63, 3.8) is 0 Å². The van der Waals surface area contributed by atoms with E-state index in [-0.39, 0.29) is 17.1 Å². The van der Waals surface area contributed by atoms with Crippen molar-refractivity contribution in [1.82, 2.24) is 0 Å². The first-order valence-corrected chi connectivity index (χ1v) is 3.89. The van der Waals surface area contributed by atoms with E-state index in [0.29, 0.717) is 0 Å². The summed E-state index contributed by atoms with van der Waals surface area (Å²) in [6.07, 6.45) is 11.5. The SMILES string of the molecule is C1=C[CH+]CC=C1.C=O.C=O.C=O.F[B-](F)(F)F.[Fe]. The van der Waals surface area contributed by atoms with Crippen molar-refractivity contribution in [3.05, 3.63) is 30.7 Å². The van der Waals surface area contributed by atoms with Crippen molar-refractivity contribution in [2.24, 2.45) is 0 Å². The third kappa shape index (κ3) is 126. The predicted octanol–water partition coefficient (Wildman–Crippen LogP) is 2.45. The molecule has 1 aliphatic carbocycles. The Balaban J connectivity index is -0.0000000431. The van der Waals surface area contributed by atoms with Gasteiger partial charge in [-0.05, 0) is 6.08 Å². The van der Waals surface area contributed by atoms with E-state index in [1.54, 1.807) is 0 Å². The van der Waals surface area contributed by atoms with Crippen molar-refractivity contribution in [2.75, 3.05) is 0 Å². The molecule has 0 bridgehead atoms. The number of halogens is 4. The van der Waals surface area contributed by atoms with Gasteiger partial charge >= 0.3 is 7.25 Å². The van der Waals surface area contributed by atoms with Crippen LogP contribution in [0.2, 0.25) is 0 Å². The zero-order valence-electron chi connectivity index (χ0n) is 9.38. The molecule has 0 heterocycles. The number of hydrogen-bond acceptors (Lipinski definition) is 3. The molecule has 0 aromatic heterocycles. The molecule has 18 heavy (non-hydrogen) atoms. The number of hydrogen-bond donors (Lipinski definition) is 0. The molecule has 0 fully saturated rings. The number of rotatable bonds is 0. The Bertz CT molecular complexity index is 178. The predicted molar refractivity (Wildman–Crippen MR) is 58.7 cm³/mol. The van der Waals surface area contributed by atoms with Gasteiger partial charge in [0.1, 0.15) is 20.4 Å². The summed E-state index contributed by atoms with van der Waals surface area (Å²) in [5.41, 5.74) is 0. The van der Waals surface area contributed by atoms with E-state index in [9.17, 15) is 17.3 Å². The van der Waals surface area contributed by atoms with Gasteiger partial charge in [-0.15, -0.1) is 0 Å². The van der Waals surface area contributed by atoms with E-state index in [0.717, 1.165) is 6.42 Å². The first kappa shape index (κ1) is 30.1. The van der Waals surface area contributed by atoms with Gasteiger partial charge in [-0.25, -0.2) is 0 Å². The van der Waals surface area contributed by atoms with Crippen molar-refractivity contribution >= 4 is 27.6 Å². The normalized spacial score (nSPS) is 9.78. The Hall–Kier alpha value is -1.34. The van der Waals surface area contributed by atoms with E-state index >= 15 is 0 Å². The van der Waals surface area contributed by atoms with E-state index in [4.69, 9.17) is 14.4 Å². The Morgan fingerprint density at radius 3 is 1.28 bits per heavy atom. The van der Waals surface area contributed by atoms with Crippen molar-refractivity contribution < 1.29 is 48.7 Å². The van der Waals surface area contributed by atoms with E-state index in [1.807, 2.05) is 26.4 Å². The molecule has 3 nitrogen and oxygen atoms in total. The summed E-state index contributed by atoms with van der Waals surface area (Å²) in [4.78, 5) is 24.0. The third-order valence-electron chi connectivity index (χ3n) is 0.767. The molecule has 0 N–H and O–H groups in total. The summed E-state index contributed by atoms with van der Waals surface area (Å²) < 4.78 is 39.0. The monoisotopic (exact) mass is 312 g/mol. The average molecular weight is 312 g/mol. The molecule has 0 aromatic carbocycles. The van der Waals surface area contributed by atoms with Crippen LogP contribution in [0.25, 0.3) is 0 Å². The van der Waals surface area contributed by atoms with Crippen LogP contribution in [0.1, 0.15) is 6.42 Å². The van der Waals surface area contributed by atoms with Gasteiger partial charge in [-0.2, -0.15) is 0 Å². The fourth-order valence-corrected chi connectivity index (χ4v) is 0.457. The van der Waals surface area contributed by atoms with Crippen LogP contribution in [-0.4, -0.2) is 27.6 Å². The third-order valence-corrected chi connectivity index (χ3v) is 0.767. The Kier molecular flexibility index (Phi) is 49.5. The van der Waals surface area contributed by atoms with Crippen LogP contribution in [0, 0.1) is 6.42 Å². The summed E-state index contributed by atoms with van der Waals surface area (Å²) in [7, 11) is -6.00. The second kappa shape index (κ2) is 29.6. The first-order valence-electron chi connectivity index (χ1n) is 3.89. The van der Waals surface area contributed by atoms with Gasteiger partial charge in [0.15, 0.2) is 0 Å². The van der Waals surface area contributed by atoms with E-state index in [2.05, 4.69) is 24.6 Å². The van der Waals surface area contributed by atoms with Crippen LogP contribution in [0.3, 0.4) is 0 Å². The number of allylic oxidation sites excluding steroid dienone is 4. The molecule has 0 aromatic rings. The zero-order chi connectivity index (χ0) is 14.7. The molecule has 0 unspecified atom stereocenters. The molecule has 0 radical (unpaired) electrons. The van der Waals surface area contributed by atoms with Gasteiger partial charge in [-0.1, -0.05) is 0 Å². The molecule has 0 aliphatic heterocycles. The second-order valence-corrected chi connectivity index (χ2v) is 1.78. The van der Waals surface area contributed by atoms with E-state index < -0.39 is 7.25 Å². The maximum Gasteiger partial charge on any atom is 0.673 e. The van der Waals surface area contributed by atoms with Gasteiger partial charge in [0.2, 0.25) is 0 Å². The summed E-state index contributed by atoms with van der Waals surface area (Å²) in [6, 6.07) is 0. The Labute approximate surface area is 114 Å². The number of carbonyl (C=O) groups is 3. The molecule has 1 rings (SSSR count). The molecule has 0 spiro atoms. The van der Waals surface area contributed by atoms with Gasteiger partial charge < -0.3 is 31.6 Å². The van der Waals surface area contributed by atoms with E-state index in [1.165, 1.54) is 0 Å². The maximum absolute atomic E-state index is 9.75. The minimum atomic E-state index is -6.00. The van der Waals surface area contributed by atoms with Crippen LogP contribution in [0.15, 0.2) is 24.3 Å². The molecule has 0 saturated carbocycles. The molecule has 0 atom stereocenters. The summed E-state index contributed by atoms with van der Waals surface area (Å²) >= 11 is 0. The zero-order valence-corrected chi connectivity index (χ0v) is 10.5. The Morgan fingerprint density at radius 1 is 0.889 bits per heavy atom. The standard InChI is InChI=1S/C6H7.3CH2O.BF4.Fe/c1-2-4-6-5-3-1;3*1-2;2-1(3,4)5;/h1-5H,6H2;3*1H2;;/q+1;;;;-1;. The van der Waals surface area contributed by atoms with Crippen molar-refractivity contribution in [2.45, 2.75) is 6.42 Å². The van der Waals surface area contributed by atoms with Crippen molar-refractivity contribution in [3.8, 4) is 0 Å². The van der Waals surface area contributed by atoms with Crippen LogP contribution in [0.5, 0.6) is 0 Å². The summed E-state index contributed by atoms with van der Waals surface area (Å²) in [5.74, 6) is 0. The minimum Gasteiger partial charge on any atom is -0.418 e. The molecular weight excluding hydrogens is 299 g/mol. The van der Waals surface area contributed by atoms with Crippen LogP contribution < -0.4 is 0 Å². The number of carbonyl (C=O) groups excluding carboxylic acids is 3. The van der Waals surface area contributed by atoms with Gasteiger partial charge in [0.05, 0.1) is 18.6 Å². The first-order chi connectivity index (χ1) is 8.00. The van der Waals surface area contributed by atoms with Gasteiger partial charge in [-0.3, -0.25) is 0 Å². The van der Waals surface area contributed by atoms with Crippen molar-refractivity contribution in [1.29, 1.82) is 0 Å². The molecule has 106 valence electrons. The van der Waals surface area contributed by atoms with Crippen LogP contribution in [0.4, 0.5) is 17.3 Å². The molecule has 0 saturated heterocycles. The summed E-state index contributed by atoms with van der Waals surface area (Å²) in [6.45, 7) is 6.00. The maximum atomic E-state index is 9.75. The molecular formula is C9H13BF4FeO3. The van der Waals surface area contributed by atoms with Crippen LogP contribution in [-0.2, 0) is 31.5 Å². The fraction of sp³-hybridized carbons (Fsp3) is 0.111. The second-order valence-electron chi connectivity index (χ2n) is 1.78. The van der Waals surface area contributed by atoms with Gasteiger partial charge in [0, 0.05) is 29.6 Å². The molecule has 9 heteroatoms. The molecule has 0 amide bonds.